The molecule has 1 fully saturated rings. The van der Waals surface area contributed by atoms with Crippen molar-refractivity contribution < 1.29 is 17.9 Å². The van der Waals surface area contributed by atoms with Gasteiger partial charge in [-0.1, -0.05) is 15.9 Å². The summed E-state index contributed by atoms with van der Waals surface area (Å²) in [5, 5.41) is 3.70. The Kier molecular flexibility index (Phi) is 5.06. The molecule has 0 saturated carbocycles. The van der Waals surface area contributed by atoms with E-state index in [2.05, 4.69) is 21.2 Å². The standard InChI is InChI=1S/C14H18BrNO4S/c1-21(18,19)12-4-2-11(3-5-12)13(17)16-14(10-15)6-8-20-9-7-14/h2-5H,6-10H2,1H3,(H,16,17). The van der Waals surface area contributed by atoms with Crippen molar-refractivity contribution in [2.24, 2.45) is 0 Å². The number of benzene rings is 1. The van der Waals surface area contributed by atoms with Gasteiger partial charge in [-0.25, -0.2) is 8.42 Å². The summed E-state index contributed by atoms with van der Waals surface area (Å²) in [7, 11) is -3.24. The van der Waals surface area contributed by atoms with Crippen LogP contribution in [0.1, 0.15) is 23.2 Å². The van der Waals surface area contributed by atoms with Crippen LogP contribution in [-0.2, 0) is 14.6 Å². The van der Waals surface area contributed by atoms with Crippen molar-refractivity contribution in [2.75, 3.05) is 24.8 Å². The molecule has 116 valence electrons. The molecule has 5 nitrogen and oxygen atoms in total. The summed E-state index contributed by atoms with van der Waals surface area (Å²) in [6.45, 7) is 1.25. The molecule has 1 saturated heterocycles. The van der Waals surface area contributed by atoms with Gasteiger partial charge >= 0.3 is 0 Å². The Morgan fingerprint density at radius 1 is 1.29 bits per heavy atom. The van der Waals surface area contributed by atoms with E-state index in [0.717, 1.165) is 19.1 Å². The predicted molar refractivity (Wildman–Crippen MR) is 83.6 cm³/mol. The van der Waals surface area contributed by atoms with E-state index < -0.39 is 9.84 Å². The maximum Gasteiger partial charge on any atom is 0.251 e. The first-order valence-corrected chi connectivity index (χ1v) is 9.64. The van der Waals surface area contributed by atoms with E-state index in [0.29, 0.717) is 24.1 Å². The smallest absolute Gasteiger partial charge is 0.251 e. The highest BCUT2D eigenvalue weighted by molar-refractivity contribution is 9.09. The molecule has 21 heavy (non-hydrogen) atoms. The van der Waals surface area contributed by atoms with Gasteiger partial charge in [-0.3, -0.25) is 4.79 Å². The van der Waals surface area contributed by atoms with Gasteiger partial charge in [0.25, 0.3) is 5.91 Å². The van der Waals surface area contributed by atoms with Crippen LogP contribution in [0.25, 0.3) is 0 Å². The summed E-state index contributed by atoms with van der Waals surface area (Å²) in [5.74, 6) is -0.198. The highest BCUT2D eigenvalue weighted by Crippen LogP contribution is 2.23. The average Bonchev–Trinajstić information content (AvgIpc) is 2.47. The lowest BCUT2D eigenvalue weighted by Gasteiger charge is -2.36. The van der Waals surface area contributed by atoms with E-state index >= 15 is 0 Å². The minimum absolute atomic E-state index is 0.198. The fraction of sp³-hybridized carbons (Fsp3) is 0.500. The Bertz CT molecular complexity index is 606. The number of hydrogen-bond acceptors (Lipinski definition) is 4. The number of carbonyl (C=O) groups is 1. The van der Waals surface area contributed by atoms with Crippen LogP contribution in [0.4, 0.5) is 0 Å². The number of ether oxygens (including phenoxy) is 1. The maximum absolute atomic E-state index is 12.3. The summed E-state index contributed by atoms with van der Waals surface area (Å²) in [5.41, 5.74) is 0.152. The highest BCUT2D eigenvalue weighted by Gasteiger charge is 2.33. The number of sulfone groups is 1. The third-order valence-corrected chi connectivity index (χ3v) is 5.83. The Morgan fingerprint density at radius 3 is 2.33 bits per heavy atom. The Morgan fingerprint density at radius 2 is 1.86 bits per heavy atom. The molecule has 2 rings (SSSR count). The molecular weight excluding hydrogens is 358 g/mol. The summed E-state index contributed by atoms with van der Waals surface area (Å²) in [6, 6.07) is 5.98. The fourth-order valence-corrected chi connectivity index (χ4v) is 3.55. The van der Waals surface area contributed by atoms with E-state index in [1.54, 1.807) is 0 Å². The van der Waals surface area contributed by atoms with E-state index in [9.17, 15) is 13.2 Å². The predicted octanol–water partition coefficient (Wildman–Crippen LogP) is 1.76. The molecule has 1 aliphatic rings. The number of amides is 1. The van der Waals surface area contributed by atoms with Crippen LogP contribution < -0.4 is 5.32 Å². The van der Waals surface area contributed by atoms with Crippen molar-refractivity contribution in [1.82, 2.24) is 5.32 Å². The van der Waals surface area contributed by atoms with Crippen molar-refractivity contribution in [3.63, 3.8) is 0 Å². The van der Waals surface area contributed by atoms with Crippen LogP contribution in [0, 0.1) is 0 Å². The van der Waals surface area contributed by atoms with Gasteiger partial charge in [0.1, 0.15) is 0 Å². The summed E-state index contributed by atoms with van der Waals surface area (Å²) in [6.07, 6.45) is 2.65. The molecule has 1 N–H and O–H groups in total. The first-order chi connectivity index (χ1) is 9.86. The van der Waals surface area contributed by atoms with Gasteiger partial charge in [-0.05, 0) is 37.1 Å². The minimum Gasteiger partial charge on any atom is -0.381 e. The van der Waals surface area contributed by atoms with E-state index in [-0.39, 0.29) is 16.3 Å². The first kappa shape index (κ1) is 16.5. The van der Waals surface area contributed by atoms with Crippen LogP contribution in [-0.4, -0.2) is 44.7 Å². The van der Waals surface area contributed by atoms with Gasteiger partial charge in [0.2, 0.25) is 0 Å². The molecule has 0 atom stereocenters. The van der Waals surface area contributed by atoms with Crippen molar-refractivity contribution in [3.05, 3.63) is 29.8 Å². The molecule has 0 unspecified atom stereocenters. The molecule has 0 spiro atoms. The van der Waals surface area contributed by atoms with Crippen molar-refractivity contribution >= 4 is 31.7 Å². The summed E-state index contributed by atoms with van der Waals surface area (Å²) < 4.78 is 28.1. The summed E-state index contributed by atoms with van der Waals surface area (Å²) >= 11 is 3.46. The third-order valence-electron chi connectivity index (χ3n) is 3.63. The van der Waals surface area contributed by atoms with Crippen LogP contribution in [0.5, 0.6) is 0 Å². The molecule has 0 bridgehead atoms. The molecule has 1 aromatic carbocycles. The highest BCUT2D eigenvalue weighted by atomic mass is 79.9. The monoisotopic (exact) mass is 375 g/mol. The lowest BCUT2D eigenvalue weighted by molar-refractivity contribution is 0.0442. The molecule has 1 amide bonds. The molecule has 0 aromatic heterocycles. The molecule has 7 heteroatoms. The van der Waals surface area contributed by atoms with Crippen molar-refractivity contribution in [2.45, 2.75) is 23.3 Å². The number of carbonyl (C=O) groups excluding carboxylic acids is 1. The quantitative estimate of drug-likeness (QED) is 0.813. The van der Waals surface area contributed by atoms with E-state index in [4.69, 9.17) is 4.74 Å². The normalized spacial score (nSPS) is 18.2. The van der Waals surface area contributed by atoms with Gasteiger partial charge in [0, 0.05) is 30.4 Å². The third kappa shape index (κ3) is 4.05. The molecule has 0 aliphatic carbocycles. The molecule has 1 aliphatic heterocycles. The fourth-order valence-electron chi connectivity index (χ4n) is 2.22. The second-order valence-electron chi connectivity index (χ2n) is 5.28. The molecule has 1 aromatic rings. The second-order valence-corrected chi connectivity index (χ2v) is 7.85. The first-order valence-electron chi connectivity index (χ1n) is 6.63. The zero-order chi connectivity index (χ0) is 15.5. The van der Waals surface area contributed by atoms with Crippen LogP contribution in [0.2, 0.25) is 0 Å². The maximum atomic E-state index is 12.3. The topological polar surface area (TPSA) is 72.5 Å². The lowest BCUT2D eigenvalue weighted by Crippen LogP contribution is -2.53. The Hall–Kier alpha value is -0.920. The van der Waals surface area contributed by atoms with Crippen LogP contribution >= 0.6 is 15.9 Å². The number of rotatable bonds is 4. The Labute approximate surface area is 133 Å². The summed E-state index contributed by atoms with van der Waals surface area (Å²) in [4.78, 5) is 12.5. The number of nitrogens with one attached hydrogen (secondary N) is 1. The molecule has 1 heterocycles. The van der Waals surface area contributed by atoms with Crippen molar-refractivity contribution in [1.29, 1.82) is 0 Å². The van der Waals surface area contributed by atoms with Gasteiger partial charge in [-0.2, -0.15) is 0 Å². The largest absolute Gasteiger partial charge is 0.381 e. The van der Waals surface area contributed by atoms with Gasteiger partial charge in [0.15, 0.2) is 9.84 Å². The van der Waals surface area contributed by atoms with E-state index in [1.165, 1.54) is 24.3 Å². The lowest BCUT2D eigenvalue weighted by atomic mass is 9.92. The van der Waals surface area contributed by atoms with Crippen LogP contribution in [0.15, 0.2) is 29.2 Å². The molecule has 0 radical (unpaired) electrons. The molecular formula is C14H18BrNO4S. The average molecular weight is 376 g/mol. The number of hydrogen-bond donors (Lipinski definition) is 1. The minimum atomic E-state index is -3.24. The Balaban J connectivity index is 2.13. The SMILES string of the molecule is CS(=O)(=O)c1ccc(C(=O)NC2(CBr)CCOCC2)cc1. The zero-order valence-corrected chi connectivity index (χ0v) is 14.2. The van der Waals surface area contributed by atoms with Gasteiger partial charge < -0.3 is 10.1 Å². The van der Waals surface area contributed by atoms with Crippen molar-refractivity contribution in [3.8, 4) is 0 Å². The zero-order valence-electron chi connectivity index (χ0n) is 11.8. The number of halogens is 1. The van der Waals surface area contributed by atoms with Crippen LogP contribution in [0.3, 0.4) is 0 Å². The second kappa shape index (κ2) is 6.46. The van der Waals surface area contributed by atoms with Gasteiger partial charge in [-0.15, -0.1) is 0 Å². The number of alkyl halides is 1. The van der Waals surface area contributed by atoms with E-state index in [1.807, 2.05) is 0 Å². The van der Waals surface area contributed by atoms with Gasteiger partial charge in [0.05, 0.1) is 10.4 Å².